The lowest BCUT2D eigenvalue weighted by Gasteiger charge is -2.20. The van der Waals surface area contributed by atoms with Crippen molar-refractivity contribution in [3.05, 3.63) is 0 Å². The Bertz CT molecular complexity index is 1170. The van der Waals surface area contributed by atoms with Crippen molar-refractivity contribution in [1.82, 2.24) is 0 Å². The average molecular weight is 1000 g/mol. The molecule has 69 heavy (non-hydrogen) atoms. The summed E-state index contributed by atoms with van der Waals surface area (Å²) in [6.07, 6.45) is 57.5. The number of ether oxygens (including phenoxy) is 2. The van der Waals surface area contributed by atoms with Gasteiger partial charge in [-0.1, -0.05) is 290 Å². The highest BCUT2D eigenvalue weighted by atomic mass is 31.2. The summed E-state index contributed by atoms with van der Waals surface area (Å²) in [7, 11) is -4.72. The molecule has 11 nitrogen and oxygen atoms in total. The van der Waals surface area contributed by atoms with Crippen LogP contribution in [0.5, 0.6) is 0 Å². The summed E-state index contributed by atoms with van der Waals surface area (Å²) in [5.41, 5.74) is 5.37. The van der Waals surface area contributed by atoms with Crippen molar-refractivity contribution in [2.45, 2.75) is 328 Å². The maximum absolute atomic E-state index is 12.7. The molecule has 1 unspecified atom stereocenters. The fourth-order valence-electron chi connectivity index (χ4n) is 9.01. The number of nitrogens with two attached hydrogens (primary N) is 1. The molecule has 0 aromatic rings. The van der Waals surface area contributed by atoms with E-state index < -0.39 is 51.1 Å². The summed E-state index contributed by atoms with van der Waals surface area (Å²) in [6, 6.07) is -1.52. The molecule has 0 spiro atoms. The van der Waals surface area contributed by atoms with Crippen molar-refractivity contribution in [2.75, 3.05) is 19.8 Å². The number of carbonyl (C=O) groups excluding carboxylic acids is 2. The monoisotopic (exact) mass is 1000 g/mol. The molecule has 0 aliphatic rings. The lowest BCUT2D eigenvalue weighted by molar-refractivity contribution is -0.161. The first-order valence-electron chi connectivity index (χ1n) is 29.6. The van der Waals surface area contributed by atoms with Gasteiger partial charge in [0.15, 0.2) is 6.10 Å². The van der Waals surface area contributed by atoms with Crippen LogP contribution < -0.4 is 5.73 Å². The van der Waals surface area contributed by atoms with E-state index in [4.69, 9.17) is 29.4 Å². The first kappa shape index (κ1) is 67.5. The summed E-state index contributed by atoms with van der Waals surface area (Å²) in [5.74, 6) is -2.34. The topological polar surface area (TPSA) is 172 Å². The third-order valence-electron chi connectivity index (χ3n) is 13.6. The van der Waals surface area contributed by atoms with Crippen LogP contribution in [0.2, 0.25) is 0 Å². The summed E-state index contributed by atoms with van der Waals surface area (Å²) < 4.78 is 33.0. The van der Waals surface area contributed by atoms with Crippen LogP contribution in [-0.2, 0) is 37.5 Å². The summed E-state index contributed by atoms with van der Waals surface area (Å²) in [4.78, 5) is 46.4. The molecular weight excluding hydrogens is 890 g/mol. The molecule has 12 heteroatoms. The second kappa shape index (κ2) is 52.8. The van der Waals surface area contributed by atoms with Crippen LogP contribution in [0.4, 0.5) is 0 Å². The van der Waals surface area contributed by atoms with Gasteiger partial charge in [0.05, 0.1) is 13.2 Å². The molecule has 3 atom stereocenters. The predicted molar refractivity (Wildman–Crippen MR) is 287 cm³/mol. The Labute approximate surface area is 425 Å². The van der Waals surface area contributed by atoms with Gasteiger partial charge in [-0.05, 0) is 12.8 Å². The Morgan fingerprint density at radius 3 is 0.913 bits per heavy atom. The molecule has 0 aliphatic heterocycles. The molecule has 0 aliphatic carbocycles. The Morgan fingerprint density at radius 1 is 0.391 bits per heavy atom. The van der Waals surface area contributed by atoms with Gasteiger partial charge in [-0.3, -0.25) is 23.4 Å². The first-order valence-corrected chi connectivity index (χ1v) is 31.1. The highest BCUT2D eigenvalue weighted by molar-refractivity contribution is 7.47. The number of aliphatic carboxylic acids is 1. The first-order chi connectivity index (χ1) is 33.6. The number of carboxylic acid groups (broad SMARTS) is 1. The lowest BCUT2D eigenvalue weighted by Crippen LogP contribution is -2.34. The van der Waals surface area contributed by atoms with Crippen LogP contribution in [0.3, 0.4) is 0 Å². The number of esters is 2. The van der Waals surface area contributed by atoms with E-state index in [-0.39, 0.29) is 19.4 Å². The van der Waals surface area contributed by atoms with Crippen molar-refractivity contribution >= 4 is 25.7 Å². The van der Waals surface area contributed by atoms with Gasteiger partial charge in [-0.2, -0.15) is 0 Å². The standard InChI is InChI=1S/C57H112NO10P/c1-3-5-7-9-11-13-15-17-19-21-23-25-27-29-31-33-35-37-39-41-43-45-47-49-56(60)68-53(51-66-69(63,64)67-52-54(58)57(61)62)50-65-55(59)48-46-44-42-40-38-36-34-32-30-28-26-24-22-20-18-16-14-12-10-8-6-4-2/h53-54H,3-52,58H2,1-2H3,(H,61,62)(H,63,64)/t53-,54+/m1/s1. The normalized spacial score (nSPS) is 13.3. The van der Waals surface area contributed by atoms with E-state index in [0.29, 0.717) is 12.8 Å². The molecule has 0 aromatic carbocycles. The van der Waals surface area contributed by atoms with Crippen LogP contribution in [0, 0.1) is 0 Å². The zero-order valence-electron chi connectivity index (χ0n) is 45.2. The smallest absolute Gasteiger partial charge is 0.472 e. The Hall–Kier alpha value is -1.52. The fourth-order valence-corrected chi connectivity index (χ4v) is 9.79. The van der Waals surface area contributed by atoms with E-state index in [2.05, 4.69) is 13.8 Å². The zero-order chi connectivity index (χ0) is 50.6. The van der Waals surface area contributed by atoms with E-state index in [1.54, 1.807) is 0 Å². The third kappa shape index (κ3) is 52.6. The zero-order valence-corrected chi connectivity index (χ0v) is 46.1. The minimum absolute atomic E-state index is 0.171. The van der Waals surface area contributed by atoms with Crippen LogP contribution in [-0.4, -0.2) is 59.9 Å². The van der Waals surface area contributed by atoms with Crippen molar-refractivity contribution in [1.29, 1.82) is 0 Å². The van der Waals surface area contributed by atoms with Crippen molar-refractivity contribution < 1.29 is 47.5 Å². The molecular formula is C57H112NO10P. The van der Waals surface area contributed by atoms with Gasteiger partial charge >= 0.3 is 25.7 Å². The average Bonchev–Trinajstić information content (AvgIpc) is 3.33. The molecule has 0 saturated carbocycles. The third-order valence-corrected chi connectivity index (χ3v) is 14.6. The number of carboxylic acids is 1. The highest BCUT2D eigenvalue weighted by Gasteiger charge is 2.28. The minimum atomic E-state index is -4.72. The quantitative estimate of drug-likeness (QED) is 0.0301. The largest absolute Gasteiger partial charge is 0.480 e. The van der Waals surface area contributed by atoms with Crippen molar-refractivity contribution in [3.8, 4) is 0 Å². The van der Waals surface area contributed by atoms with E-state index in [1.807, 2.05) is 0 Å². The van der Waals surface area contributed by atoms with E-state index in [1.165, 1.54) is 238 Å². The van der Waals surface area contributed by atoms with Gasteiger partial charge in [0.2, 0.25) is 0 Å². The van der Waals surface area contributed by atoms with E-state index in [9.17, 15) is 23.8 Å². The van der Waals surface area contributed by atoms with Crippen LogP contribution in [0.15, 0.2) is 0 Å². The predicted octanol–water partition coefficient (Wildman–Crippen LogP) is 17.4. The Balaban J connectivity index is 4.09. The molecule has 0 rings (SSSR count). The molecule has 4 N–H and O–H groups in total. The van der Waals surface area contributed by atoms with Crippen LogP contribution in [0.1, 0.15) is 316 Å². The van der Waals surface area contributed by atoms with Gasteiger partial charge in [0, 0.05) is 12.8 Å². The Kier molecular flexibility index (Phi) is 51.6. The number of hydrogen-bond acceptors (Lipinski definition) is 9. The second-order valence-corrected chi connectivity index (χ2v) is 22.0. The molecule has 0 amide bonds. The van der Waals surface area contributed by atoms with Crippen molar-refractivity contribution in [3.63, 3.8) is 0 Å². The van der Waals surface area contributed by atoms with Crippen LogP contribution in [0.25, 0.3) is 0 Å². The Morgan fingerprint density at radius 2 is 0.638 bits per heavy atom. The number of unbranched alkanes of at least 4 members (excludes halogenated alkanes) is 43. The number of rotatable bonds is 57. The lowest BCUT2D eigenvalue weighted by atomic mass is 10.0. The SMILES string of the molecule is CCCCCCCCCCCCCCCCCCCCCCCCCC(=O)O[C@H](COC(=O)CCCCCCCCCCCCCCCCCCCCCCCC)COP(=O)(O)OC[C@H](N)C(=O)O. The minimum Gasteiger partial charge on any atom is -0.480 e. The highest BCUT2D eigenvalue weighted by Crippen LogP contribution is 2.43. The number of phosphoric acid groups is 1. The number of phosphoric ester groups is 1. The van der Waals surface area contributed by atoms with Gasteiger partial charge in [0.25, 0.3) is 0 Å². The van der Waals surface area contributed by atoms with Gasteiger partial charge in [-0.25, -0.2) is 4.57 Å². The molecule has 0 fully saturated rings. The summed E-state index contributed by atoms with van der Waals surface area (Å²) in [6.45, 7) is 2.90. The molecule has 0 aromatic heterocycles. The van der Waals surface area contributed by atoms with E-state index in [0.717, 1.165) is 38.5 Å². The maximum Gasteiger partial charge on any atom is 0.472 e. The van der Waals surface area contributed by atoms with Gasteiger partial charge in [-0.15, -0.1) is 0 Å². The molecule has 0 bridgehead atoms. The summed E-state index contributed by atoms with van der Waals surface area (Å²) in [5, 5.41) is 8.95. The van der Waals surface area contributed by atoms with Crippen LogP contribution >= 0.6 is 7.82 Å². The number of carbonyl (C=O) groups is 3. The fraction of sp³-hybridized carbons (Fsp3) is 0.947. The maximum atomic E-state index is 12.7. The van der Waals surface area contributed by atoms with Crippen molar-refractivity contribution in [2.24, 2.45) is 5.73 Å². The second-order valence-electron chi connectivity index (χ2n) is 20.5. The van der Waals surface area contributed by atoms with Gasteiger partial charge < -0.3 is 25.2 Å². The molecule has 410 valence electrons. The molecule has 0 radical (unpaired) electrons. The summed E-state index contributed by atoms with van der Waals surface area (Å²) >= 11 is 0. The molecule has 0 saturated heterocycles. The van der Waals surface area contributed by atoms with E-state index >= 15 is 0 Å². The number of hydrogen-bond donors (Lipinski definition) is 3. The molecule has 0 heterocycles. The van der Waals surface area contributed by atoms with Gasteiger partial charge in [0.1, 0.15) is 12.6 Å².